The van der Waals surface area contributed by atoms with Gasteiger partial charge >= 0.3 is 0 Å². The van der Waals surface area contributed by atoms with Crippen LogP contribution in [0.1, 0.15) is 36.8 Å². The number of ether oxygens (including phenoxy) is 1. The Morgan fingerprint density at radius 2 is 1.50 bits per heavy atom. The van der Waals surface area contributed by atoms with E-state index >= 15 is 0 Å². The van der Waals surface area contributed by atoms with Crippen molar-refractivity contribution in [1.29, 1.82) is 0 Å². The molecule has 1 saturated heterocycles. The van der Waals surface area contributed by atoms with Gasteiger partial charge in [-0.25, -0.2) is 8.42 Å². The van der Waals surface area contributed by atoms with Gasteiger partial charge in [0.2, 0.25) is 10.0 Å². The molecule has 0 saturated carbocycles. The van der Waals surface area contributed by atoms with Crippen molar-refractivity contribution in [2.75, 3.05) is 26.2 Å². The first-order valence-electron chi connectivity index (χ1n) is 12.2. The molecule has 36 heavy (non-hydrogen) atoms. The lowest BCUT2D eigenvalue weighted by Gasteiger charge is -2.26. The number of hydrogen-bond donors (Lipinski definition) is 0. The standard InChI is InChI=1S/C28H33ClN2O3S.ClH/c29-26-14-16-27(17-15-26)35(32,33)31(22-24-10-3-1-4-11-24)23-25-12-5-6-13-28(25)34-21-9-20-30-18-7-2-8-19-30;/h1,3-6,10-17H,2,7-9,18-23H2;1H. The first kappa shape index (κ1) is 28.5. The van der Waals surface area contributed by atoms with E-state index in [2.05, 4.69) is 4.90 Å². The summed E-state index contributed by atoms with van der Waals surface area (Å²) in [5, 5.41) is 0.502. The van der Waals surface area contributed by atoms with Crippen LogP contribution in [-0.2, 0) is 23.1 Å². The fourth-order valence-electron chi connectivity index (χ4n) is 4.39. The fraction of sp³-hybridized carbons (Fsp3) is 0.357. The van der Waals surface area contributed by atoms with Crippen LogP contribution >= 0.6 is 24.0 Å². The molecular formula is C28H34Cl2N2O3S. The van der Waals surface area contributed by atoms with E-state index in [1.54, 1.807) is 24.3 Å². The van der Waals surface area contributed by atoms with E-state index in [0.717, 1.165) is 29.8 Å². The normalized spacial score (nSPS) is 14.4. The van der Waals surface area contributed by atoms with Crippen LogP contribution in [-0.4, -0.2) is 43.9 Å². The summed E-state index contributed by atoms with van der Waals surface area (Å²) in [6.45, 7) is 4.46. The molecule has 1 fully saturated rings. The van der Waals surface area contributed by atoms with Gasteiger partial charge in [0.25, 0.3) is 0 Å². The lowest BCUT2D eigenvalue weighted by Crippen LogP contribution is -2.31. The van der Waals surface area contributed by atoms with E-state index in [1.807, 2.05) is 54.6 Å². The van der Waals surface area contributed by atoms with E-state index in [-0.39, 0.29) is 30.4 Å². The predicted molar refractivity (Wildman–Crippen MR) is 148 cm³/mol. The third-order valence-electron chi connectivity index (χ3n) is 6.30. The molecule has 0 bridgehead atoms. The topological polar surface area (TPSA) is 49.9 Å². The van der Waals surface area contributed by atoms with Crippen molar-refractivity contribution in [3.8, 4) is 5.75 Å². The predicted octanol–water partition coefficient (Wildman–Crippen LogP) is 6.41. The molecule has 0 spiro atoms. The highest BCUT2D eigenvalue weighted by atomic mass is 35.5. The van der Waals surface area contributed by atoms with Crippen LogP contribution in [0.5, 0.6) is 5.75 Å². The molecule has 1 heterocycles. The highest BCUT2D eigenvalue weighted by Crippen LogP contribution is 2.26. The van der Waals surface area contributed by atoms with Gasteiger partial charge in [0.1, 0.15) is 5.75 Å². The second-order valence-electron chi connectivity index (χ2n) is 8.92. The second-order valence-corrected chi connectivity index (χ2v) is 11.3. The second kappa shape index (κ2) is 14.0. The van der Waals surface area contributed by atoms with Crippen LogP contribution in [0.4, 0.5) is 0 Å². The fourth-order valence-corrected chi connectivity index (χ4v) is 5.92. The molecule has 0 aliphatic carbocycles. The zero-order chi connectivity index (χ0) is 24.5. The van der Waals surface area contributed by atoms with E-state index in [0.29, 0.717) is 11.6 Å². The lowest BCUT2D eigenvalue weighted by atomic mass is 10.1. The zero-order valence-electron chi connectivity index (χ0n) is 20.4. The number of likely N-dealkylation sites (tertiary alicyclic amines) is 1. The van der Waals surface area contributed by atoms with Crippen molar-refractivity contribution in [1.82, 2.24) is 9.21 Å². The van der Waals surface area contributed by atoms with Gasteiger partial charge in [-0.15, -0.1) is 12.4 Å². The molecule has 0 radical (unpaired) electrons. The first-order chi connectivity index (χ1) is 17.0. The molecule has 0 aromatic heterocycles. The van der Waals surface area contributed by atoms with Crippen molar-refractivity contribution >= 4 is 34.0 Å². The van der Waals surface area contributed by atoms with E-state index in [1.165, 1.54) is 36.7 Å². The molecule has 1 aliphatic rings. The summed E-state index contributed by atoms with van der Waals surface area (Å²) in [5.74, 6) is 0.732. The summed E-state index contributed by atoms with van der Waals surface area (Å²) in [6, 6.07) is 23.7. The maximum Gasteiger partial charge on any atom is 0.243 e. The van der Waals surface area contributed by atoms with Crippen molar-refractivity contribution in [2.45, 2.75) is 43.7 Å². The highest BCUT2D eigenvalue weighted by Gasteiger charge is 2.26. The Kier molecular flexibility index (Phi) is 11.1. The lowest BCUT2D eigenvalue weighted by molar-refractivity contribution is 0.204. The molecule has 194 valence electrons. The molecule has 0 N–H and O–H groups in total. The van der Waals surface area contributed by atoms with Gasteiger partial charge in [-0.3, -0.25) is 0 Å². The minimum absolute atomic E-state index is 0. The first-order valence-corrected chi connectivity index (χ1v) is 14.1. The Morgan fingerprint density at radius 1 is 0.833 bits per heavy atom. The molecule has 3 aromatic carbocycles. The molecule has 0 amide bonds. The van der Waals surface area contributed by atoms with Gasteiger partial charge in [-0.05, 0) is 68.2 Å². The molecular weight excluding hydrogens is 515 g/mol. The Labute approximate surface area is 226 Å². The van der Waals surface area contributed by atoms with Gasteiger partial charge < -0.3 is 9.64 Å². The van der Waals surface area contributed by atoms with Crippen LogP contribution < -0.4 is 4.74 Å². The zero-order valence-corrected chi connectivity index (χ0v) is 22.8. The number of halogens is 2. The summed E-state index contributed by atoms with van der Waals surface area (Å²) in [4.78, 5) is 2.72. The SMILES string of the molecule is Cl.O=S(=O)(c1ccc(Cl)cc1)N(Cc1ccccc1)Cc1ccccc1OCCCN1CCCCC1. The minimum atomic E-state index is -3.76. The number of para-hydroxylation sites is 1. The summed E-state index contributed by atoms with van der Waals surface area (Å²) >= 11 is 6.00. The number of sulfonamides is 1. The third kappa shape index (κ3) is 7.95. The number of hydrogen-bond acceptors (Lipinski definition) is 4. The number of piperidine rings is 1. The van der Waals surface area contributed by atoms with Crippen LogP contribution in [0.3, 0.4) is 0 Å². The molecule has 8 heteroatoms. The van der Waals surface area contributed by atoms with Gasteiger partial charge in [0.15, 0.2) is 0 Å². The number of rotatable bonds is 11. The molecule has 4 rings (SSSR count). The smallest absolute Gasteiger partial charge is 0.243 e. The molecule has 5 nitrogen and oxygen atoms in total. The van der Waals surface area contributed by atoms with Crippen LogP contribution in [0, 0.1) is 0 Å². The van der Waals surface area contributed by atoms with Gasteiger partial charge in [0.05, 0.1) is 11.5 Å². The minimum Gasteiger partial charge on any atom is -0.493 e. The Hall–Kier alpha value is -2.09. The average Bonchev–Trinajstić information content (AvgIpc) is 2.88. The molecule has 3 aromatic rings. The van der Waals surface area contributed by atoms with E-state index < -0.39 is 10.0 Å². The maximum absolute atomic E-state index is 13.6. The summed E-state index contributed by atoms with van der Waals surface area (Å²) in [6.07, 6.45) is 4.84. The summed E-state index contributed by atoms with van der Waals surface area (Å²) in [7, 11) is -3.76. The molecule has 1 aliphatic heterocycles. The van der Waals surface area contributed by atoms with Crippen molar-refractivity contribution < 1.29 is 13.2 Å². The largest absolute Gasteiger partial charge is 0.493 e. The van der Waals surface area contributed by atoms with Gasteiger partial charge in [-0.1, -0.05) is 66.6 Å². The maximum atomic E-state index is 13.6. The average molecular weight is 550 g/mol. The van der Waals surface area contributed by atoms with Gasteiger partial charge in [0, 0.05) is 30.2 Å². The van der Waals surface area contributed by atoms with Crippen LogP contribution in [0.15, 0.2) is 83.8 Å². The van der Waals surface area contributed by atoms with Crippen molar-refractivity contribution in [3.05, 3.63) is 95.0 Å². The quantitative estimate of drug-likeness (QED) is 0.260. The monoisotopic (exact) mass is 548 g/mol. The Morgan fingerprint density at radius 3 is 2.22 bits per heavy atom. The number of nitrogens with zero attached hydrogens (tertiary/aromatic N) is 2. The number of benzene rings is 3. The third-order valence-corrected chi connectivity index (χ3v) is 8.36. The van der Waals surface area contributed by atoms with Crippen molar-refractivity contribution in [2.24, 2.45) is 0 Å². The van der Waals surface area contributed by atoms with E-state index in [4.69, 9.17) is 16.3 Å². The molecule has 0 unspecified atom stereocenters. The highest BCUT2D eigenvalue weighted by molar-refractivity contribution is 7.89. The summed E-state index contributed by atoms with van der Waals surface area (Å²) < 4.78 is 34.9. The van der Waals surface area contributed by atoms with Crippen LogP contribution in [0.25, 0.3) is 0 Å². The Bertz CT molecular complexity index is 1170. The van der Waals surface area contributed by atoms with Crippen molar-refractivity contribution in [3.63, 3.8) is 0 Å². The van der Waals surface area contributed by atoms with Crippen LogP contribution in [0.2, 0.25) is 5.02 Å². The summed E-state index contributed by atoms with van der Waals surface area (Å²) in [5.41, 5.74) is 1.77. The van der Waals surface area contributed by atoms with E-state index in [9.17, 15) is 8.42 Å². The molecule has 0 atom stereocenters. The van der Waals surface area contributed by atoms with Gasteiger partial charge in [-0.2, -0.15) is 4.31 Å². The Balaban J connectivity index is 0.00000361.